The lowest BCUT2D eigenvalue weighted by molar-refractivity contribution is 0.0986. The van der Waals surface area contributed by atoms with E-state index < -0.39 is 0 Å². The van der Waals surface area contributed by atoms with Gasteiger partial charge in [-0.15, -0.1) is 0 Å². The normalized spacial score (nSPS) is 28.4. The molecule has 2 atom stereocenters. The molecule has 2 saturated heterocycles. The Balaban J connectivity index is 1.84. The van der Waals surface area contributed by atoms with Crippen molar-refractivity contribution in [3.05, 3.63) is 18.0 Å². The van der Waals surface area contributed by atoms with Crippen molar-refractivity contribution in [2.75, 3.05) is 18.1 Å². The van der Waals surface area contributed by atoms with Gasteiger partial charge in [0.25, 0.3) is 0 Å². The van der Waals surface area contributed by atoms with Gasteiger partial charge in [-0.3, -0.25) is 4.79 Å². The summed E-state index contributed by atoms with van der Waals surface area (Å²) in [5.41, 5.74) is 0.513. The monoisotopic (exact) mass is 205 g/mol. The van der Waals surface area contributed by atoms with Gasteiger partial charge < -0.3 is 9.64 Å². The molecule has 3 heterocycles. The molecule has 5 heteroatoms. The van der Waals surface area contributed by atoms with Gasteiger partial charge in [0, 0.05) is 18.9 Å². The number of fused-ring (bicyclic) bond motifs is 2. The fourth-order valence-electron chi connectivity index (χ4n) is 2.18. The number of anilines is 1. The molecule has 2 aliphatic rings. The number of carbonyl (C=O) groups is 1. The maximum Gasteiger partial charge on any atom is 0.225 e. The zero-order valence-electron chi connectivity index (χ0n) is 8.17. The molecule has 2 aliphatic heterocycles. The highest BCUT2D eigenvalue weighted by Gasteiger charge is 2.40. The topological polar surface area (TPSA) is 55.3 Å². The van der Waals surface area contributed by atoms with Crippen molar-refractivity contribution >= 4 is 12.2 Å². The summed E-state index contributed by atoms with van der Waals surface area (Å²) < 4.78 is 5.50. The van der Waals surface area contributed by atoms with Gasteiger partial charge in [0.2, 0.25) is 5.95 Å². The summed E-state index contributed by atoms with van der Waals surface area (Å²) in [7, 11) is 0. The predicted octanol–water partition coefficient (Wildman–Crippen LogP) is 0.267. The highest BCUT2D eigenvalue weighted by atomic mass is 16.5. The van der Waals surface area contributed by atoms with E-state index in [0.717, 1.165) is 25.9 Å². The van der Waals surface area contributed by atoms with Crippen molar-refractivity contribution in [3.8, 4) is 0 Å². The largest absolute Gasteiger partial charge is 0.374 e. The molecule has 0 aliphatic carbocycles. The Hall–Kier alpha value is -1.49. The molecule has 2 unspecified atom stereocenters. The van der Waals surface area contributed by atoms with Gasteiger partial charge in [-0.25, -0.2) is 9.97 Å². The second-order valence-electron chi connectivity index (χ2n) is 3.93. The molecule has 1 aromatic heterocycles. The van der Waals surface area contributed by atoms with Crippen LogP contribution in [0.1, 0.15) is 16.8 Å². The molecule has 3 rings (SSSR count). The summed E-state index contributed by atoms with van der Waals surface area (Å²) in [5.74, 6) is 0.705. The number of rotatable bonds is 2. The van der Waals surface area contributed by atoms with E-state index in [2.05, 4.69) is 14.9 Å². The van der Waals surface area contributed by atoms with E-state index in [4.69, 9.17) is 4.74 Å². The molecule has 0 amide bonds. The third-order valence-electron chi connectivity index (χ3n) is 2.95. The van der Waals surface area contributed by atoms with Crippen molar-refractivity contribution in [2.24, 2.45) is 0 Å². The van der Waals surface area contributed by atoms with E-state index in [0.29, 0.717) is 23.7 Å². The predicted molar refractivity (Wildman–Crippen MR) is 52.9 cm³/mol. The zero-order chi connectivity index (χ0) is 10.3. The van der Waals surface area contributed by atoms with Crippen molar-refractivity contribution in [2.45, 2.75) is 18.6 Å². The van der Waals surface area contributed by atoms with Crippen molar-refractivity contribution in [3.63, 3.8) is 0 Å². The van der Waals surface area contributed by atoms with Crippen LogP contribution in [0.2, 0.25) is 0 Å². The number of aldehydes is 1. The number of hydrogen-bond acceptors (Lipinski definition) is 5. The van der Waals surface area contributed by atoms with Crippen LogP contribution >= 0.6 is 0 Å². The van der Waals surface area contributed by atoms with Crippen molar-refractivity contribution < 1.29 is 9.53 Å². The van der Waals surface area contributed by atoms with Crippen LogP contribution in [0, 0.1) is 0 Å². The fraction of sp³-hybridized carbons (Fsp3) is 0.500. The van der Waals surface area contributed by atoms with Crippen LogP contribution in [-0.2, 0) is 4.74 Å². The second-order valence-corrected chi connectivity index (χ2v) is 3.93. The molecule has 5 nitrogen and oxygen atoms in total. The Morgan fingerprint density at radius 1 is 1.47 bits per heavy atom. The van der Waals surface area contributed by atoms with Gasteiger partial charge in [0.1, 0.15) is 0 Å². The number of hydrogen-bond donors (Lipinski definition) is 0. The van der Waals surface area contributed by atoms with E-state index in [1.807, 2.05) is 0 Å². The summed E-state index contributed by atoms with van der Waals surface area (Å²) in [6, 6.07) is 0.414. The molecule has 0 radical (unpaired) electrons. The minimum Gasteiger partial charge on any atom is -0.374 e. The lowest BCUT2D eigenvalue weighted by atomic mass is 10.2. The molecule has 0 N–H and O–H groups in total. The summed E-state index contributed by atoms with van der Waals surface area (Å²) in [6.45, 7) is 1.63. The molecule has 15 heavy (non-hydrogen) atoms. The first-order chi connectivity index (χ1) is 7.36. The second kappa shape index (κ2) is 3.27. The van der Waals surface area contributed by atoms with Crippen molar-refractivity contribution in [1.29, 1.82) is 0 Å². The SMILES string of the molecule is O=Cc1cnc(N2CC3CC2CO3)nc1. The summed E-state index contributed by atoms with van der Waals surface area (Å²) in [4.78, 5) is 21.0. The number of ether oxygens (including phenoxy) is 1. The highest BCUT2D eigenvalue weighted by Crippen LogP contribution is 2.30. The Morgan fingerprint density at radius 2 is 2.27 bits per heavy atom. The van der Waals surface area contributed by atoms with Crippen LogP contribution in [0.15, 0.2) is 12.4 Å². The van der Waals surface area contributed by atoms with Gasteiger partial charge in [-0.05, 0) is 6.42 Å². The highest BCUT2D eigenvalue weighted by molar-refractivity contribution is 5.73. The minimum atomic E-state index is 0.337. The quantitative estimate of drug-likeness (QED) is 0.648. The zero-order valence-corrected chi connectivity index (χ0v) is 8.17. The third kappa shape index (κ3) is 1.39. The van der Waals surface area contributed by atoms with Crippen LogP contribution in [0.5, 0.6) is 0 Å². The number of nitrogens with zero attached hydrogens (tertiary/aromatic N) is 3. The van der Waals surface area contributed by atoms with Crippen LogP contribution in [0.3, 0.4) is 0 Å². The molecular formula is C10H11N3O2. The lowest BCUT2D eigenvalue weighted by Gasteiger charge is -2.26. The fourth-order valence-corrected chi connectivity index (χ4v) is 2.18. The number of morpholine rings is 1. The van der Waals surface area contributed by atoms with Gasteiger partial charge in [0.05, 0.1) is 24.3 Å². The third-order valence-corrected chi connectivity index (χ3v) is 2.95. The van der Waals surface area contributed by atoms with Crippen LogP contribution in [-0.4, -0.2) is 41.6 Å². The molecule has 0 spiro atoms. The first kappa shape index (κ1) is 8.79. The summed E-state index contributed by atoms with van der Waals surface area (Å²) in [5, 5.41) is 0. The Bertz CT molecular complexity index is 379. The number of aromatic nitrogens is 2. The maximum absolute atomic E-state index is 10.5. The standard InChI is InChI=1S/C10H11N3O2/c14-5-7-2-11-10(12-3-7)13-4-9-1-8(13)6-15-9/h2-3,5,8-9H,1,4,6H2. The minimum absolute atomic E-state index is 0.337. The van der Waals surface area contributed by atoms with Crippen LogP contribution in [0.25, 0.3) is 0 Å². The molecule has 2 fully saturated rings. The van der Waals surface area contributed by atoms with E-state index in [9.17, 15) is 4.79 Å². The van der Waals surface area contributed by atoms with Gasteiger partial charge in [-0.2, -0.15) is 0 Å². The van der Waals surface area contributed by atoms with E-state index in [1.54, 1.807) is 12.4 Å². The Morgan fingerprint density at radius 3 is 2.80 bits per heavy atom. The molecule has 1 aromatic rings. The lowest BCUT2D eigenvalue weighted by Crippen LogP contribution is -2.38. The van der Waals surface area contributed by atoms with Crippen molar-refractivity contribution in [1.82, 2.24) is 9.97 Å². The maximum atomic E-state index is 10.5. The van der Waals surface area contributed by atoms with Crippen LogP contribution in [0.4, 0.5) is 5.95 Å². The van der Waals surface area contributed by atoms with Crippen LogP contribution < -0.4 is 4.90 Å². The molecule has 0 saturated carbocycles. The van der Waals surface area contributed by atoms with Gasteiger partial charge in [0.15, 0.2) is 6.29 Å². The number of carbonyl (C=O) groups excluding carboxylic acids is 1. The Kier molecular flexibility index (Phi) is 1.92. The average molecular weight is 205 g/mol. The van der Waals surface area contributed by atoms with E-state index in [1.165, 1.54) is 0 Å². The molecule has 0 aromatic carbocycles. The summed E-state index contributed by atoms with van der Waals surface area (Å²) in [6.07, 6.45) is 5.27. The van der Waals surface area contributed by atoms with Gasteiger partial charge in [-0.1, -0.05) is 0 Å². The van der Waals surface area contributed by atoms with E-state index >= 15 is 0 Å². The molecule has 78 valence electrons. The first-order valence-electron chi connectivity index (χ1n) is 5.02. The molecule has 2 bridgehead atoms. The average Bonchev–Trinajstić information content (AvgIpc) is 2.91. The first-order valence-corrected chi connectivity index (χ1v) is 5.02. The van der Waals surface area contributed by atoms with Gasteiger partial charge >= 0.3 is 0 Å². The van der Waals surface area contributed by atoms with E-state index in [-0.39, 0.29) is 0 Å². The molecular weight excluding hydrogens is 194 g/mol. The Labute approximate surface area is 87.1 Å². The summed E-state index contributed by atoms with van der Waals surface area (Å²) >= 11 is 0. The smallest absolute Gasteiger partial charge is 0.225 e.